The number of likely N-dealkylation sites (N-methyl/N-ethyl adjacent to an activating group) is 1. The summed E-state index contributed by atoms with van der Waals surface area (Å²) in [5.41, 5.74) is 1.00. The fraction of sp³-hybridized carbons (Fsp3) is 0.632. The van der Waals surface area contributed by atoms with Crippen molar-refractivity contribution in [1.29, 1.82) is 0 Å². The van der Waals surface area contributed by atoms with Crippen molar-refractivity contribution >= 4 is 29.9 Å². The molecule has 1 aromatic rings. The predicted octanol–water partition coefficient (Wildman–Crippen LogP) is 2.52. The lowest BCUT2D eigenvalue weighted by molar-refractivity contribution is 0.107. The Morgan fingerprint density at radius 3 is 2.35 bits per heavy atom. The molecule has 1 aliphatic rings. The van der Waals surface area contributed by atoms with E-state index in [4.69, 9.17) is 0 Å². The van der Waals surface area contributed by atoms with Crippen LogP contribution in [-0.2, 0) is 6.54 Å². The zero-order valence-corrected chi connectivity index (χ0v) is 18.5. The highest BCUT2D eigenvalue weighted by Gasteiger charge is 2.20. The van der Waals surface area contributed by atoms with Gasteiger partial charge in [-0.05, 0) is 38.1 Å². The molecule has 0 spiro atoms. The molecule has 0 aliphatic carbocycles. The minimum absolute atomic E-state index is 0. The average molecular weight is 477 g/mol. The van der Waals surface area contributed by atoms with E-state index in [1.807, 2.05) is 0 Å². The molecule has 7 heteroatoms. The molecule has 1 aliphatic heterocycles. The van der Waals surface area contributed by atoms with Gasteiger partial charge in [-0.3, -0.25) is 4.90 Å². The molecule has 2 N–H and O–H groups in total. The summed E-state index contributed by atoms with van der Waals surface area (Å²) in [5, 5.41) is 6.71. The number of benzene rings is 1. The molecular formula is C19H33FIN5. The Morgan fingerprint density at radius 1 is 1.12 bits per heavy atom. The van der Waals surface area contributed by atoms with Gasteiger partial charge in [0.25, 0.3) is 0 Å². The monoisotopic (exact) mass is 477 g/mol. The van der Waals surface area contributed by atoms with E-state index in [2.05, 4.69) is 46.2 Å². The molecule has 1 atom stereocenters. The van der Waals surface area contributed by atoms with E-state index < -0.39 is 0 Å². The third kappa shape index (κ3) is 7.75. The van der Waals surface area contributed by atoms with Crippen molar-refractivity contribution in [3.8, 4) is 0 Å². The van der Waals surface area contributed by atoms with E-state index in [1.165, 1.54) is 12.1 Å². The van der Waals surface area contributed by atoms with Crippen molar-refractivity contribution in [3.05, 3.63) is 35.6 Å². The molecule has 1 fully saturated rings. The highest BCUT2D eigenvalue weighted by atomic mass is 127. The molecule has 5 nitrogen and oxygen atoms in total. The summed E-state index contributed by atoms with van der Waals surface area (Å²) < 4.78 is 13.0. The molecule has 2 rings (SSSR count). The lowest BCUT2D eigenvalue weighted by Crippen LogP contribution is -2.53. The molecule has 0 amide bonds. The second-order valence-electron chi connectivity index (χ2n) is 6.52. The average Bonchev–Trinajstić information content (AvgIpc) is 2.65. The van der Waals surface area contributed by atoms with Crippen molar-refractivity contribution in [2.75, 3.05) is 45.8 Å². The number of rotatable bonds is 7. The van der Waals surface area contributed by atoms with Crippen molar-refractivity contribution < 1.29 is 4.39 Å². The fourth-order valence-corrected chi connectivity index (χ4v) is 3.00. The van der Waals surface area contributed by atoms with Crippen LogP contribution in [0.25, 0.3) is 0 Å². The van der Waals surface area contributed by atoms with Gasteiger partial charge in [0.1, 0.15) is 5.82 Å². The molecule has 26 heavy (non-hydrogen) atoms. The third-order valence-electron chi connectivity index (χ3n) is 4.72. The van der Waals surface area contributed by atoms with Crippen molar-refractivity contribution in [3.63, 3.8) is 0 Å². The highest BCUT2D eigenvalue weighted by molar-refractivity contribution is 14.0. The second-order valence-corrected chi connectivity index (χ2v) is 6.52. The van der Waals surface area contributed by atoms with Crippen LogP contribution >= 0.6 is 24.0 Å². The van der Waals surface area contributed by atoms with Crippen LogP contribution in [0.5, 0.6) is 0 Å². The largest absolute Gasteiger partial charge is 0.357 e. The number of nitrogens with one attached hydrogen (secondary N) is 2. The SMILES string of the molecule is CCNC(=NCc1ccc(F)cc1)NCC(C)N1CCN(CC)CC1.I. The lowest BCUT2D eigenvalue weighted by atomic mass is 10.2. The number of hydrogen-bond donors (Lipinski definition) is 2. The maximum absolute atomic E-state index is 13.0. The van der Waals surface area contributed by atoms with Gasteiger partial charge in [0.15, 0.2) is 5.96 Å². The van der Waals surface area contributed by atoms with Crippen LogP contribution < -0.4 is 10.6 Å². The molecule has 1 heterocycles. The predicted molar refractivity (Wildman–Crippen MR) is 118 cm³/mol. The zero-order chi connectivity index (χ0) is 18.1. The number of nitrogens with zero attached hydrogens (tertiary/aromatic N) is 3. The number of hydrogen-bond acceptors (Lipinski definition) is 3. The maximum Gasteiger partial charge on any atom is 0.191 e. The standard InChI is InChI=1S/C19H32FN5.HI/c1-4-21-19(23-15-17-6-8-18(20)9-7-17)22-14-16(3)25-12-10-24(5-2)11-13-25;/h6-9,16H,4-5,10-15H2,1-3H3,(H2,21,22,23);1H. The van der Waals surface area contributed by atoms with Gasteiger partial charge >= 0.3 is 0 Å². The topological polar surface area (TPSA) is 42.9 Å². The Bertz CT molecular complexity index is 529. The summed E-state index contributed by atoms with van der Waals surface area (Å²) in [5.74, 6) is 0.598. The van der Waals surface area contributed by atoms with Crippen LogP contribution in [0.1, 0.15) is 26.3 Å². The molecule has 148 valence electrons. The Kier molecular flexibility index (Phi) is 11.1. The van der Waals surface area contributed by atoms with Gasteiger partial charge in [-0.15, -0.1) is 24.0 Å². The molecule has 0 bridgehead atoms. The Balaban J connectivity index is 0.00000338. The summed E-state index contributed by atoms with van der Waals surface area (Å²) in [6, 6.07) is 6.97. The van der Waals surface area contributed by atoms with Gasteiger partial charge in [-0.1, -0.05) is 19.1 Å². The molecule has 0 radical (unpaired) electrons. The Labute approximate surface area is 174 Å². The highest BCUT2D eigenvalue weighted by Crippen LogP contribution is 2.06. The van der Waals surface area contributed by atoms with Crippen LogP contribution in [0.4, 0.5) is 4.39 Å². The molecule has 1 unspecified atom stereocenters. The van der Waals surface area contributed by atoms with Gasteiger partial charge in [0, 0.05) is 45.3 Å². The van der Waals surface area contributed by atoms with Crippen molar-refractivity contribution in [2.24, 2.45) is 4.99 Å². The fourth-order valence-electron chi connectivity index (χ4n) is 3.00. The molecule has 0 saturated carbocycles. The minimum Gasteiger partial charge on any atom is -0.357 e. The summed E-state index contributed by atoms with van der Waals surface area (Å²) in [6.07, 6.45) is 0. The summed E-state index contributed by atoms with van der Waals surface area (Å²) in [6.45, 7) is 14.5. The first-order valence-electron chi connectivity index (χ1n) is 9.35. The van der Waals surface area contributed by atoms with Crippen molar-refractivity contribution in [2.45, 2.75) is 33.4 Å². The van der Waals surface area contributed by atoms with Gasteiger partial charge in [0.05, 0.1) is 6.54 Å². The van der Waals surface area contributed by atoms with Crippen LogP contribution in [-0.4, -0.2) is 67.6 Å². The first-order chi connectivity index (χ1) is 12.1. The number of aliphatic imine (C=N–C) groups is 1. The number of halogens is 2. The van der Waals surface area contributed by atoms with E-state index >= 15 is 0 Å². The first-order valence-corrected chi connectivity index (χ1v) is 9.35. The molecule has 1 aromatic carbocycles. The smallest absolute Gasteiger partial charge is 0.191 e. The Morgan fingerprint density at radius 2 is 1.77 bits per heavy atom. The minimum atomic E-state index is -0.213. The number of piperazine rings is 1. The van der Waals surface area contributed by atoms with Crippen molar-refractivity contribution in [1.82, 2.24) is 20.4 Å². The Hall–Kier alpha value is -0.930. The van der Waals surface area contributed by atoms with Crippen LogP contribution in [0, 0.1) is 5.82 Å². The third-order valence-corrected chi connectivity index (χ3v) is 4.72. The zero-order valence-electron chi connectivity index (χ0n) is 16.2. The molecule has 0 aromatic heterocycles. The summed E-state index contributed by atoms with van der Waals surface area (Å²) in [4.78, 5) is 9.62. The number of guanidine groups is 1. The summed E-state index contributed by atoms with van der Waals surface area (Å²) in [7, 11) is 0. The normalized spacial score (nSPS) is 17.5. The van der Waals surface area contributed by atoms with Gasteiger partial charge < -0.3 is 15.5 Å². The van der Waals surface area contributed by atoms with Crippen LogP contribution in [0.15, 0.2) is 29.3 Å². The van der Waals surface area contributed by atoms with E-state index in [0.717, 1.165) is 57.3 Å². The van der Waals surface area contributed by atoms with Crippen LogP contribution in [0.2, 0.25) is 0 Å². The van der Waals surface area contributed by atoms with Crippen LogP contribution in [0.3, 0.4) is 0 Å². The van der Waals surface area contributed by atoms with E-state index in [9.17, 15) is 4.39 Å². The lowest BCUT2D eigenvalue weighted by Gasteiger charge is -2.37. The molecule has 1 saturated heterocycles. The van der Waals surface area contributed by atoms with E-state index in [0.29, 0.717) is 12.6 Å². The maximum atomic E-state index is 13.0. The van der Waals surface area contributed by atoms with Gasteiger partial charge in [-0.2, -0.15) is 0 Å². The first kappa shape index (κ1) is 23.1. The molecular weight excluding hydrogens is 444 g/mol. The quantitative estimate of drug-likeness (QED) is 0.360. The second kappa shape index (κ2) is 12.5. The van der Waals surface area contributed by atoms with E-state index in [-0.39, 0.29) is 29.8 Å². The summed E-state index contributed by atoms with van der Waals surface area (Å²) >= 11 is 0. The van der Waals surface area contributed by atoms with E-state index in [1.54, 1.807) is 12.1 Å². The van der Waals surface area contributed by atoms with Gasteiger partial charge in [-0.25, -0.2) is 9.38 Å². The van der Waals surface area contributed by atoms with Gasteiger partial charge in [0.2, 0.25) is 0 Å².